The van der Waals surface area contributed by atoms with Crippen molar-refractivity contribution in [1.29, 1.82) is 0 Å². The molecule has 4 rings (SSSR count). The number of pyridine rings is 1. The van der Waals surface area contributed by atoms with E-state index in [2.05, 4.69) is 27.4 Å². The summed E-state index contributed by atoms with van der Waals surface area (Å²) in [4.78, 5) is 21.1. The molecule has 0 saturated heterocycles. The van der Waals surface area contributed by atoms with Crippen LogP contribution in [0.25, 0.3) is 16.9 Å². The quantitative estimate of drug-likeness (QED) is 0.745. The predicted octanol–water partition coefficient (Wildman–Crippen LogP) is 3.39. The number of rotatable bonds is 4. The number of nitrogens with one attached hydrogen (secondary N) is 1. The molecule has 1 aliphatic carbocycles. The molecule has 1 aliphatic rings. The third kappa shape index (κ3) is 3.31. The van der Waals surface area contributed by atoms with Crippen LogP contribution in [0.2, 0.25) is 0 Å². The minimum atomic E-state index is 0.106. The molecule has 5 nitrogen and oxygen atoms in total. The van der Waals surface area contributed by atoms with Crippen molar-refractivity contribution in [2.45, 2.75) is 25.8 Å². The largest absolute Gasteiger partial charge is 0.352 e. The second kappa shape index (κ2) is 6.89. The number of para-hydroxylation sites is 2. The maximum Gasteiger partial charge on any atom is 0.223 e. The number of carbonyl (C=O) groups is 1. The highest BCUT2D eigenvalue weighted by atomic mass is 16.1. The number of amides is 1. The second-order valence-electron chi connectivity index (χ2n) is 6.33. The van der Waals surface area contributed by atoms with Crippen LogP contribution in [-0.4, -0.2) is 20.4 Å². The Hall–Kier alpha value is -2.95. The number of hydrogen-bond acceptors (Lipinski definition) is 3. The van der Waals surface area contributed by atoms with Gasteiger partial charge in [-0.25, -0.2) is 9.97 Å². The average Bonchev–Trinajstić information content (AvgIpc) is 3.11. The highest BCUT2D eigenvalue weighted by Crippen LogP contribution is 2.19. The second-order valence-corrected chi connectivity index (χ2v) is 6.33. The van der Waals surface area contributed by atoms with Gasteiger partial charge in [0.15, 0.2) is 0 Å². The van der Waals surface area contributed by atoms with Crippen LogP contribution in [0, 0.1) is 5.92 Å². The molecule has 0 spiro atoms. The number of imidazole rings is 1. The van der Waals surface area contributed by atoms with E-state index in [0.29, 0.717) is 6.54 Å². The molecule has 126 valence electrons. The lowest BCUT2D eigenvalue weighted by molar-refractivity contribution is -0.125. The molecule has 25 heavy (non-hydrogen) atoms. The van der Waals surface area contributed by atoms with Crippen molar-refractivity contribution in [2.24, 2.45) is 5.92 Å². The minimum absolute atomic E-state index is 0.106. The third-order valence-corrected chi connectivity index (χ3v) is 4.62. The van der Waals surface area contributed by atoms with Gasteiger partial charge < -0.3 is 5.32 Å². The summed E-state index contributed by atoms with van der Waals surface area (Å²) in [5.41, 5.74) is 2.97. The fraction of sp³-hybridized carbons (Fsp3) is 0.250. The van der Waals surface area contributed by atoms with Crippen molar-refractivity contribution in [3.05, 3.63) is 66.6 Å². The van der Waals surface area contributed by atoms with Crippen molar-refractivity contribution >= 4 is 16.9 Å². The smallest absolute Gasteiger partial charge is 0.223 e. The molecule has 2 heterocycles. The summed E-state index contributed by atoms with van der Waals surface area (Å²) >= 11 is 0. The summed E-state index contributed by atoms with van der Waals surface area (Å²) in [6.45, 7) is 0.511. The van der Waals surface area contributed by atoms with Crippen molar-refractivity contribution in [2.75, 3.05) is 0 Å². The summed E-state index contributed by atoms with van der Waals surface area (Å²) in [5, 5.41) is 3.02. The molecule has 0 fully saturated rings. The van der Waals surface area contributed by atoms with Gasteiger partial charge in [0.05, 0.1) is 11.0 Å². The Balaban J connectivity index is 1.43. The normalized spacial score (nSPS) is 16.9. The maximum absolute atomic E-state index is 12.2. The molecular formula is C20H20N4O. The van der Waals surface area contributed by atoms with E-state index in [9.17, 15) is 4.79 Å². The maximum atomic E-state index is 12.2. The molecule has 1 amide bonds. The molecule has 3 aromatic rings. The van der Waals surface area contributed by atoms with Gasteiger partial charge in [0.2, 0.25) is 5.91 Å². The van der Waals surface area contributed by atoms with E-state index in [4.69, 9.17) is 0 Å². The van der Waals surface area contributed by atoms with E-state index in [0.717, 1.165) is 41.7 Å². The number of allylic oxidation sites excluding steroid dienone is 2. The molecule has 1 atom stereocenters. The van der Waals surface area contributed by atoms with Gasteiger partial charge in [-0.1, -0.05) is 30.4 Å². The van der Waals surface area contributed by atoms with Crippen LogP contribution in [0.4, 0.5) is 0 Å². The summed E-state index contributed by atoms with van der Waals surface area (Å²) in [5.74, 6) is 1.06. The van der Waals surface area contributed by atoms with Gasteiger partial charge in [0, 0.05) is 18.7 Å². The zero-order chi connectivity index (χ0) is 17.1. The number of nitrogens with zero attached hydrogens (tertiary/aromatic N) is 3. The van der Waals surface area contributed by atoms with Crippen LogP contribution in [-0.2, 0) is 11.3 Å². The van der Waals surface area contributed by atoms with E-state index in [1.54, 1.807) is 6.33 Å². The topological polar surface area (TPSA) is 59.8 Å². The monoisotopic (exact) mass is 332 g/mol. The van der Waals surface area contributed by atoms with Crippen LogP contribution in [0.5, 0.6) is 0 Å². The van der Waals surface area contributed by atoms with Crippen molar-refractivity contribution < 1.29 is 4.79 Å². The van der Waals surface area contributed by atoms with Crippen LogP contribution < -0.4 is 5.32 Å². The lowest BCUT2D eigenvalue weighted by Gasteiger charge is -2.17. The van der Waals surface area contributed by atoms with Gasteiger partial charge in [0.25, 0.3) is 0 Å². The first-order valence-electron chi connectivity index (χ1n) is 8.61. The van der Waals surface area contributed by atoms with E-state index >= 15 is 0 Å². The molecule has 0 bridgehead atoms. The van der Waals surface area contributed by atoms with E-state index < -0.39 is 0 Å². The zero-order valence-corrected chi connectivity index (χ0v) is 13.9. The highest BCUT2D eigenvalue weighted by Gasteiger charge is 2.18. The summed E-state index contributed by atoms with van der Waals surface area (Å²) in [6, 6.07) is 11.9. The molecule has 0 unspecified atom stereocenters. The van der Waals surface area contributed by atoms with Crippen molar-refractivity contribution in [3.8, 4) is 5.82 Å². The molecule has 2 aromatic heterocycles. The van der Waals surface area contributed by atoms with Crippen LogP contribution in [0.15, 0.2) is 61.1 Å². The molecule has 0 saturated carbocycles. The van der Waals surface area contributed by atoms with Gasteiger partial charge in [-0.3, -0.25) is 9.36 Å². The SMILES string of the molecule is O=C(NCc1ccc(-n2cnc3ccccc32)nc1)[C@@H]1CC=CCC1. The summed E-state index contributed by atoms with van der Waals surface area (Å²) < 4.78 is 1.96. The standard InChI is InChI=1S/C20H20N4O/c25-20(16-6-2-1-3-7-16)22-13-15-10-11-19(21-12-15)24-14-23-17-8-4-5-9-18(17)24/h1-2,4-5,8-12,14,16H,3,6-7,13H2,(H,22,25)/t16-/m1/s1. The Morgan fingerprint density at radius 3 is 2.88 bits per heavy atom. The predicted molar refractivity (Wildman–Crippen MR) is 97.2 cm³/mol. The zero-order valence-electron chi connectivity index (χ0n) is 13.9. The Bertz CT molecular complexity index is 911. The number of carbonyl (C=O) groups excluding carboxylic acids is 1. The Kier molecular flexibility index (Phi) is 4.29. The van der Waals surface area contributed by atoms with Crippen LogP contribution in [0.3, 0.4) is 0 Å². The summed E-state index contributed by atoms with van der Waals surface area (Å²) in [7, 11) is 0. The minimum Gasteiger partial charge on any atom is -0.352 e. The van der Waals surface area contributed by atoms with E-state index in [-0.39, 0.29) is 11.8 Å². The Morgan fingerprint density at radius 2 is 2.08 bits per heavy atom. The lowest BCUT2D eigenvalue weighted by atomic mass is 9.93. The highest BCUT2D eigenvalue weighted by molar-refractivity contribution is 5.79. The number of aromatic nitrogens is 3. The fourth-order valence-electron chi connectivity index (χ4n) is 3.17. The Morgan fingerprint density at radius 1 is 1.16 bits per heavy atom. The first kappa shape index (κ1) is 15.6. The van der Waals surface area contributed by atoms with Gasteiger partial charge in [-0.15, -0.1) is 0 Å². The lowest BCUT2D eigenvalue weighted by Crippen LogP contribution is -2.30. The number of hydrogen-bond donors (Lipinski definition) is 1. The van der Waals surface area contributed by atoms with Crippen LogP contribution >= 0.6 is 0 Å². The first-order chi connectivity index (χ1) is 12.3. The third-order valence-electron chi connectivity index (χ3n) is 4.62. The van der Waals surface area contributed by atoms with E-state index in [1.165, 1.54) is 0 Å². The Labute approximate surface area is 146 Å². The van der Waals surface area contributed by atoms with Gasteiger partial charge in [-0.2, -0.15) is 0 Å². The van der Waals surface area contributed by atoms with Gasteiger partial charge in [0.1, 0.15) is 12.1 Å². The number of fused-ring (bicyclic) bond motifs is 1. The molecule has 1 aromatic carbocycles. The number of benzene rings is 1. The van der Waals surface area contributed by atoms with Crippen molar-refractivity contribution in [1.82, 2.24) is 19.9 Å². The average molecular weight is 332 g/mol. The molecule has 5 heteroatoms. The molecule has 1 N–H and O–H groups in total. The van der Waals surface area contributed by atoms with Gasteiger partial charge in [-0.05, 0) is 43.0 Å². The molecular weight excluding hydrogens is 312 g/mol. The van der Waals surface area contributed by atoms with Crippen LogP contribution in [0.1, 0.15) is 24.8 Å². The van der Waals surface area contributed by atoms with Gasteiger partial charge >= 0.3 is 0 Å². The van der Waals surface area contributed by atoms with E-state index in [1.807, 2.05) is 47.2 Å². The summed E-state index contributed by atoms with van der Waals surface area (Å²) in [6.07, 6.45) is 10.6. The van der Waals surface area contributed by atoms with Crippen molar-refractivity contribution in [3.63, 3.8) is 0 Å². The first-order valence-corrected chi connectivity index (χ1v) is 8.61. The fourth-order valence-corrected chi connectivity index (χ4v) is 3.17. The molecule has 0 aliphatic heterocycles. The molecule has 0 radical (unpaired) electrons.